The summed E-state index contributed by atoms with van der Waals surface area (Å²) in [4.78, 5) is 26.1. The number of ether oxygens (including phenoxy) is 2. The van der Waals surface area contributed by atoms with Gasteiger partial charge in [-0.1, -0.05) is 49.8 Å². The van der Waals surface area contributed by atoms with Crippen molar-refractivity contribution in [2.24, 2.45) is 28.6 Å². The number of aryl methyl sites for hydroxylation is 1. The van der Waals surface area contributed by atoms with Gasteiger partial charge in [-0.05, 0) is 79.9 Å². The molecule has 9 atom stereocenters. The first-order chi connectivity index (χ1) is 21.4. The summed E-state index contributed by atoms with van der Waals surface area (Å²) in [5, 5.41) is 25.3. The van der Waals surface area contributed by atoms with Crippen LogP contribution in [0.5, 0.6) is 0 Å². The van der Waals surface area contributed by atoms with Gasteiger partial charge in [0.15, 0.2) is 29.3 Å². The molecule has 4 aliphatic carbocycles. The lowest BCUT2D eigenvalue weighted by Crippen LogP contribution is -2.63. The third-order valence-corrected chi connectivity index (χ3v) is 12.0. The Hall–Kier alpha value is -3.37. The van der Waals surface area contributed by atoms with Crippen LogP contribution in [0.25, 0.3) is 0 Å². The summed E-state index contributed by atoms with van der Waals surface area (Å²) in [6.07, 6.45) is 4.78. The lowest BCUT2D eigenvalue weighted by Gasteiger charge is -2.59. The maximum absolute atomic E-state index is 16.2. The van der Waals surface area contributed by atoms with E-state index >= 15 is 4.39 Å². The molecule has 8 nitrogen and oxygen atoms in total. The zero-order valence-corrected chi connectivity index (χ0v) is 25.9. The lowest BCUT2D eigenvalue weighted by molar-refractivity contribution is -0.201. The van der Waals surface area contributed by atoms with E-state index in [4.69, 9.17) is 15.2 Å². The van der Waals surface area contributed by atoms with E-state index in [1.54, 1.807) is 37.3 Å². The number of nitrogens with two attached hydrogens (primary N) is 1. The van der Waals surface area contributed by atoms with Crippen LogP contribution in [-0.4, -0.2) is 46.2 Å². The summed E-state index contributed by atoms with van der Waals surface area (Å²) in [6.45, 7) is 5.39. The Morgan fingerprint density at radius 3 is 2.73 bits per heavy atom. The van der Waals surface area contributed by atoms with E-state index < -0.39 is 53.1 Å². The topological polar surface area (TPSA) is 131 Å². The van der Waals surface area contributed by atoms with E-state index in [2.05, 4.69) is 12.2 Å². The molecule has 5 N–H and O–H groups in total. The maximum Gasteiger partial charge on any atom is 0.193 e. The van der Waals surface area contributed by atoms with Gasteiger partial charge < -0.3 is 30.7 Å². The number of halogens is 1. The Kier molecular flexibility index (Phi) is 7.13. The highest BCUT2D eigenvalue weighted by molar-refractivity contribution is 6.01. The number of hydrogen-bond acceptors (Lipinski definition) is 8. The summed E-state index contributed by atoms with van der Waals surface area (Å²) in [7, 11) is 0. The lowest BCUT2D eigenvalue weighted by atomic mass is 9.46. The number of carbonyl (C=O) groups is 2. The zero-order chi connectivity index (χ0) is 31.9. The summed E-state index contributed by atoms with van der Waals surface area (Å²) in [6, 6.07) is 10.8. The van der Waals surface area contributed by atoms with Gasteiger partial charge in [0.05, 0.1) is 17.9 Å². The number of ketones is 2. The summed E-state index contributed by atoms with van der Waals surface area (Å²) < 4.78 is 29.4. The minimum atomic E-state index is -1.56. The minimum absolute atomic E-state index is 0.0298. The van der Waals surface area contributed by atoms with Crippen LogP contribution in [0.4, 0.5) is 15.8 Å². The number of rotatable bonds is 6. The van der Waals surface area contributed by atoms with Crippen LogP contribution in [0, 0.1) is 41.3 Å². The van der Waals surface area contributed by atoms with Gasteiger partial charge in [-0.25, -0.2) is 4.39 Å². The zero-order valence-electron chi connectivity index (χ0n) is 25.9. The fourth-order valence-electron chi connectivity index (χ4n) is 9.82. The largest absolute Gasteiger partial charge is 0.398 e. The summed E-state index contributed by atoms with van der Waals surface area (Å²) >= 11 is 0. The number of fused-ring (bicyclic) bond motifs is 7. The third kappa shape index (κ3) is 4.24. The van der Waals surface area contributed by atoms with Gasteiger partial charge in [-0.3, -0.25) is 9.59 Å². The number of aliphatic hydroxyl groups is 2. The van der Waals surface area contributed by atoms with Crippen molar-refractivity contribution in [1.29, 1.82) is 0 Å². The molecule has 5 aliphatic rings. The van der Waals surface area contributed by atoms with Crippen LogP contribution >= 0.6 is 0 Å². The van der Waals surface area contributed by atoms with E-state index in [0.29, 0.717) is 24.2 Å². The molecular formula is C36H41FN2O6. The highest BCUT2D eigenvalue weighted by Crippen LogP contribution is 2.70. The molecule has 238 valence electrons. The maximum atomic E-state index is 16.2. The molecule has 45 heavy (non-hydrogen) atoms. The van der Waals surface area contributed by atoms with Crippen LogP contribution < -0.4 is 11.1 Å². The Bertz CT molecular complexity index is 1640. The van der Waals surface area contributed by atoms with Crippen LogP contribution in [0.2, 0.25) is 0 Å². The molecule has 0 aromatic heterocycles. The van der Waals surface area contributed by atoms with Gasteiger partial charge in [0.1, 0.15) is 6.61 Å². The molecule has 0 bridgehead atoms. The number of nitrogen functional groups attached to an aromatic ring is 1. The fourth-order valence-corrected chi connectivity index (χ4v) is 9.82. The standard InChI is InChI=1S/C36H41FN2O6/c1-19-8-11-26(39-17-20-6-4-5-7-25(20)38)32(37)30(19)33-44-29-15-24-23-10-9-21-14-22(41)12-13-34(21,2)31(23)27(42)16-35(24,3)36(29,45-33)28(43)18-40/h4-8,11-14,23-24,27,29,31,33,39-40,42H,9-10,15-18,38H2,1-3H3/t23-,24-,27-,29+,31+,33-,34-,35-,36+/m0/s1. The van der Waals surface area contributed by atoms with Crippen LogP contribution in [0.15, 0.2) is 60.2 Å². The van der Waals surface area contributed by atoms with E-state index in [1.165, 1.54) is 0 Å². The number of hydrogen-bond donors (Lipinski definition) is 4. The fraction of sp³-hybridized carbons (Fsp3) is 0.500. The van der Waals surface area contributed by atoms with Gasteiger partial charge >= 0.3 is 0 Å². The van der Waals surface area contributed by atoms with Gasteiger partial charge in [-0.15, -0.1) is 0 Å². The van der Waals surface area contributed by atoms with Crippen molar-refractivity contribution in [1.82, 2.24) is 0 Å². The Morgan fingerprint density at radius 1 is 1.20 bits per heavy atom. The van der Waals surface area contributed by atoms with Crippen molar-refractivity contribution in [2.45, 2.75) is 77.1 Å². The molecule has 7 rings (SSSR count). The van der Waals surface area contributed by atoms with E-state index in [0.717, 1.165) is 24.0 Å². The summed E-state index contributed by atoms with van der Waals surface area (Å²) in [5.41, 5.74) is 6.73. The first-order valence-electron chi connectivity index (χ1n) is 15.9. The van der Waals surface area contributed by atoms with Crippen LogP contribution in [0.3, 0.4) is 0 Å². The predicted molar refractivity (Wildman–Crippen MR) is 166 cm³/mol. The van der Waals surface area contributed by atoms with Gasteiger partial charge in [0.25, 0.3) is 0 Å². The molecule has 2 aromatic rings. The SMILES string of the molecule is Cc1ccc(NCc2ccccc2N)c(F)c1[C@H]1O[C@@H]2C[C@H]3[C@@H]4CCC5=CC(=O)C=C[C@]5(C)[C@H]4[C@@H](O)C[C@]3(C)[C@]2(C(=O)CO)O1. The van der Waals surface area contributed by atoms with Crippen molar-refractivity contribution >= 4 is 22.9 Å². The number of benzene rings is 2. The Labute approximate surface area is 262 Å². The van der Waals surface area contributed by atoms with Crippen LogP contribution in [-0.2, 0) is 25.6 Å². The molecule has 4 fully saturated rings. The molecule has 9 heteroatoms. The smallest absolute Gasteiger partial charge is 0.193 e. The number of aliphatic hydroxyl groups excluding tert-OH is 2. The number of carbonyl (C=O) groups excluding carboxylic acids is 2. The van der Waals surface area contributed by atoms with Gasteiger partial charge in [-0.2, -0.15) is 0 Å². The second-order valence-corrected chi connectivity index (χ2v) is 14.0. The molecule has 1 saturated heterocycles. The van der Waals surface area contributed by atoms with Gasteiger partial charge in [0, 0.05) is 34.5 Å². The Balaban J connectivity index is 1.22. The third-order valence-electron chi connectivity index (χ3n) is 12.0. The van der Waals surface area contributed by atoms with Crippen molar-refractivity contribution < 1.29 is 33.7 Å². The highest BCUT2D eigenvalue weighted by atomic mass is 19.1. The number of Topliss-reactive ketones (excluding diaryl/α,β-unsaturated/α-hetero) is 1. The van der Waals surface area contributed by atoms with Crippen molar-refractivity contribution in [3.05, 3.63) is 82.7 Å². The quantitative estimate of drug-likeness (QED) is 0.336. The summed E-state index contributed by atoms with van der Waals surface area (Å²) in [5.74, 6) is -1.23. The molecule has 3 saturated carbocycles. The molecule has 1 aliphatic heterocycles. The van der Waals surface area contributed by atoms with Crippen LogP contribution in [0.1, 0.15) is 62.5 Å². The molecule has 0 radical (unpaired) electrons. The highest BCUT2D eigenvalue weighted by Gasteiger charge is 2.76. The second kappa shape index (κ2) is 10.6. The molecule has 0 amide bonds. The normalized spacial score (nSPS) is 38.2. The first-order valence-corrected chi connectivity index (χ1v) is 15.9. The van der Waals surface area contributed by atoms with E-state index in [1.807, 2.05) is 31.2 Å². The minimum Gasteiger partial charge on any atom is -0.398 e. The van der Waals surface area contributed by atoms with Crippen molar-refractivity contribution in [3.63, 3.8) is 0 Å². The molecule has 0 unspecified atom stereocenters. The second-order valence-electron chi connectivity index (χ2n) is 14.0. The average Bonchev–Trinajstić information content (AvgIpc) is 3.50. The van der Waals surface area contributed by atoms with Gasteiger partial charge in [0.2, 0.25) is 0 Å². The van der Waals surface area contributed by atoms with E-state index in [9.17, 15) is 19.8 Å². The molecular weight excluding hydrogens is 575 g/mol. The molecule has 1 heterocycles. The predicted octanol–water partition coefficient (Wildman–Crippen LogP) is 4.93. The van der Waals surface area contributed by atoms with Crippen molar-refractivity contribution in [2.75, 3.05) is 17.7 Å². The Morgan fingerprint density at radius 2 is 1.98 bits per heavy atom. The number of anilines is 2. The molecule has 2 aromatic carbocycles. The van der Waals surface area contributed by atoms with Crippen molar-refractivity contribution in [3.8, 4) is 0 Å². The number of para-hydroxylation sites is 1. The average molecular weight is 617 g/mol. The number of allylic oxidation sites excluding steroid dienone is 4. The monoisotopic (exact) mass is 616 g/mol. The number of nitrogens with one attached hydrogen (secondary N) is 1. The van der Waals surface area contributed by atoms with E-state index in [-0.39, 0.29) is 41.2 Å². The first kappa shape index (κ1) is 30.3. The molecule has 0 spiro atoms.